The largest absolute Gasteiger partial charge is 0.465 e. The van der Waals surface area contributed by atoms with Gasteiger partial charge in [-0.05, 0) is 46.3 Å². The summed E-state index contributed by atoms with van der Waals surface area (Å²) in [4.78, 5) is 23.4. The standard InChI is InChI=1S/C17H17BrN2O3/c1-23-17(22)12-5-4-6-13(11-12)19-10-9-16(21)20-15-8-3-2-7-14(15)18/h2-8,11,19H,9-10H2,1H3,(H,20,21). The van der Waals surface area contributed by atoms with E-state index < -0.39 is 0 Å². The smallest absolute Gasteiger partial charge is 0.337 e. The molecule has 6 heteroatoms. The molecule has 0 aliphatic heterocycles. The maximum Gasteiger partial charge on any atom is 0.337 e. The number of carbonyl (C=O) groups excluding carboxylic acids is 2. The molecule has 120 valence electrons. The molecule has 0 radical (unpaired) electrons. The minimum absolute atomic E-state index is 0.0893. The van der Waals surface area contributed by atoms with Crippen molar-refractivity contribution in [3.63, 3.8) is 0 Å². The predicted molar refractivity (Wildman–Crippen MR) is 93.7 cm³/mol. The first-order valence-corrected chi connectivity index (χ1v) is 7.86. The van der Waals surface area contributed by atoms with Crippen molar-refractivity contribution >= 4 is 39.2 Å². The summed E-state index contributed by atoms with van der Waals surface area (Å²) in [5.41, 5.74) is 1.97. The second kappa shape index (κ2) is 8.33. The van der Waals surface area contributed by atoms with Gasteiger partial charge in [0.15, 0.2) is 0 Å². The maximum atomic E-state index is 11.9. The second-order valence-corrected chi connectivity index (χ2v) is 5.63. The van der Waals surface area contributed by atoms with E-state index in [0.717, 1.165) is 15.8 Å². The lowest BCUT2D eigenvalue weighted by molar-refractivity contribution is -0.115. The van der Waals surface area contributed by atoms with Crippen LogP contribution in [0.2, 0.25) is 0 Å². The lowest BCUT2D eigenvalue weighted by Gasteiger charge is -2.09. The van der Waals surface area contributed by atoms with Crippen molar-refractivity contribution < 1.29 is 14.3 Å². The first-order valence-electron chi connectivity index (χ1n) is 7.07. The zero-order chi connectivity index (χ0) is 16.7. The van der Waals surface area contributed by atoms with Gasteiger partial charge in [0.1, 0.15) is 0 Å². The van der Waals surface area contributed by atoms with Crippen molar-refractivity contribution in [2.45, 2.75) is 6.42 Å². The van der Waals surface area contributed by atoms with Crippen LogP contribution < -0.4 is 10.6 Å². The number of ether oxygens (including phenoxy) is 1. The molecule has 0 aromatic heterocycles. The summed E-state index contributed by atoms with van der Waals surface area (Å²) in [6.07, 6.45) is 0.309. The lowest BCUT2D eigenvalue weighted by Crippen LogP contribution is -2.16. The summed E-state index contributed by atoms with van der Waals surface area (Å²) in [5, 5.41) is 5.95. The van der Waals surface area contributed by atoms with Crippen LogP contribution in [0.1, 0.15) is 16.8 Å². The molecule has 0 bridgehead atoms. The van der Waals surface area contributed by atoms with E-state index in [1.54, 1.807) is 18.2 Å². The van der Waals surface area contributed by atoms with Gasteiger partial charge in [-0.25, -0.2) is 4.79 Å². The Hall–Kier alpha value is -2.34. The Kier molecular flexibility index (Phi) is 6.17. The van der Waals surface area contributed by atoms with Gasteiger partial charge in [-0.15, -0.1) is 0 Å². The van der Waals surface area contributed by atoms with Crippen LogP contribution in [0.5, 0.6) is 0 Å². The number of hydrogen-bond donors (Lipinski definition) is 2. The summed E-state index contributed by atoms with van der Waals surface area (Å²) in [7, 11) is 1.34. The van der Waals surface area contributed by atoms with Crippen LogP contribution in [0.3, 0.4) is 0 Å². The van der Waals surface area contributed by atoms with Gasteiger partial charge in [-0.1, -0.05) is 18.2 Å². The Bertz CT molecular complexity index is 704. The molecular formula is C17H17BrN2O3. The SMILES string of the molecule is COC(=O)c1cccc(NCCC(=O)Nc2ccccc2Br)c1. The number of halogens is 1. The molecule has 0 aliphatic carbocycles. The molecule has 0 heterocycles. The van der Waals surface area contributed by atoms with E-state index in [0.29, 0.717) is 18.5 Å². The van der Waals surface area contributed by atoms with Gasteiger partial charge in [-0.2, -0.15) is 0 Å². The van der Waals surface area contributed by atoms with Crippen LogP contribution in [0.4, 0.5) is 11.4 Å². The van der Waals surface area contributed by atoms with Crippen LogP contribution in [0.15, 0.2) is 53.0 Å². The van der Waals surface area contributed by atoms with Crippen LogP contribution in [0, 0.1) is 0 Å². The molecule has 0 saturated carbocycles. The number of hydrogen-bond acceptors (Lipinski definition) is 4. The molecule has 5 nitrogen and oxygen atoms in total. The molecule has 2 aromatic rings. The normalized spacial score (nSPS) is 10.0. The molecular weight excluding hydrogens is 360 g/mol. The summed E-state index contributed by atoms with van der Waals surface area (Å²) in [6.45, 7) is 0.459. The topological polar surface area (TPSA) is 67.4 Å². The third kappa shape index (κ3) is 5.10. The molecule has 2 rings (SSSR count). The van der Waals surface area contributed by atoms with Crippen molar-refractivity contribution in [1.29, 1.82) is 0 Å². The number of anilines is 2. The van der Waals surface area contributed by atoms with Gasteiger partial charge >= 0.3 is 5.97 Å². The van der Waals surface area contributed by atoms with E-state index in [2.05, 4.69) is 31.3 Å². The van der Waals surface area contributed by atoms with E-state index >= 15 is 0 Å². The highest BCUT2D eigenvalue weighted by molar-refractivity contribution is 9.10. The number of rotatable bonds is 6. The third-order valence-corrected chi connectivity index (χ3v) is 3.80. The predicted octanol–water partition coefficient (Wildman–Crippen LogP) is 3.68. The van der Waals surface area contributed by atoms with Gasteiger partial charge in [0.05, 0.1) is 18.4 Å². The quantitative estimate of drug-likeness (QED) is 0.754. The highest BCUT2D eigenvalue weighted by atomic mass is 79.9. The van der Waals surface area contributed by atoms with Crippen molar-refractivity contribution in [3.8, 4) is 0 Å². The maximum absolute atomic E-state index is 11.9. The van der Waals surface area contributed by atoms with Crippen LogP contribution in [-0.2, 0) is 9.53 Å². The van der Waals surface area contributed by atoms with Gasteiger partial charge in [0.2, 0.25) is 5.91 Å². The fourth-order valence-corrected chi connectivity index (χ4v) is 2.35. The molecule has 0 spiro atoms. The summed E-state index contributed by atoms with van der Waals surface area (Å²) in [6, 6.07) is 14.4. The van der Waals surface area contributed by atoms with Crippen molar-refractivity contribution in [2.24, 2.45) is 0 Å². The number of carbonyl (C=O) groups is 2. The summed E-state index contributed by atoms with van der Waals surface area (Å²) in [5.74, 6) is -0.478. The van der Waals surface area contributed by atoms with E-state index in [-0.39, 0.29) is 11.9 Å². The van der Waals surface area contributed by atoms with E-state index in [1.165, 1.54) is 7.11 Å². The molecule has 0 aliphatic rings. The Morgan fingerprint density at radius 3 is 2.65 bits per heavy atom. The number of para-hydroxylation sites is 1. The monoisotopic (exact) mass is 376 g/mol. The molecule has 2 aromatic carbocycles. The summed E-state index contributed by atoms with van der Waals surface area (Å²) >= 11 is 3.38. The van der Waals surface area contributed by atoms with Crippen molar-refractivity contribution in [2.75, 3.05) is 24.3 Å². The highest BCUT2D eigenvalue weighted by Gasteiger charge is 2.07. The summed E-state index contributed by atoms with van der Waals surface area (Å²) < 4.78 is 5.52. The molecule has 0 saturated heterocycles. The van der Waals surface area contributed by atoms with Crippen LogP contribution in [0.25, 0.3) is 0 Å². The number of benzene rings is 2. The zero-order valence-electron chi connectivity index (χ0n) is 12.6. The first-order chi connectivity index (χ1) is 11.1. The minimum Gasteiger partial charge on any atom is -0.465 e. The van der Waals surface area contributed by atoms with Gasteiger partial charge in [0.25, 0.3) is 0 Å². The second-order valence-electron chi connectivity index (χ2n) is 4.78. The lowest BCUT2D eigenvalue weighted by atomic mass is 10.2. The molecule has 0 atom stereocenters. The van der Waals surface area contributed by atoms with E-state index in [1.807, 2.05) is 30.3 Å². The third-order valence-electron chi connectivity index (χ3n) is 3.11. The van der Waals surface area contributed by atoms with Crippen LogP contribution >= 0.6 is 15.9 Å². The van der Waals surface area contributed by atoms with Gasteiger partial charge in [-0.3, -0.25) is 4.79 Å². The molecule has 23 heavy (non-hydrogen) atoms. The van der Waals surface area contributed by atoms with E-state index in [9.17, 15) is 9.59 Å². The average Bonchev–Trinajstić information content (AvgIpc) is 2.56. The highest BCUT2D eigenvalue weighted by Crippen LogP contribution is 2.21. The van der Waals surface area contributed by atoms with Crippen molar-refractivity contribution in [1.82, 2.24) is 0 Å². The molecule has 0 unspecified atom stereocenters. The first kappa shape index (κ1) is 17.0. The number of nitrogens with one attached hydrogen (secondary N) is 2. The molecule has 1 amide bonds. The number of methoxy groups -OCH3 is 1. The van der Waals surface area contributed by atoms with Gasteiger partial charge < -0.3 is 15.4 Å². The number of amides is 1. The minimum atomic E-state index is -0.389. The molecule has 2 N–H and O–H groups in total. The zero-order valence-corrected chi connectivity index (χ0v) is 14.2. The number of esters is 1. The van der Waals surface area contributed by atoms with E-state index in [4.69, 9.17) is 0 Å². The Morgan fingerprint density at radius 1 is 1.13 bits per heavy atom. The Labute approximate surface area is 143 Å². The van der Waals surface area contributed by atoms with Crippen LogP contribution in [-0.4, -0.2) is 25.5 Å². The van der Waals surface area contributed by atoms with Crippen molar-refractivity contribution in [3.05, 3.63) is 58.6 Å². The average molecular weight is 377 g/mol. The fourth-order valence-electron chi connectivity index (χ4n) is 1.97. The Morgan fingerprint density at radius 2 is 1.91 bits per heavy atom. The van der Waals surface area contributed by atoms with Gasteiger partial charge in [0, 0.05) is 23.1 Å². The molecule has 0 fully saturated rings. The Balaban J connectivity index is 1.84. The fraction of sp³-hybridized carbons (Fsp3) is 0.176.